The van der Waals surface area contributed by atoms with E-state index < -0.39 is 5.91 Å². The van der Waals surface area contributed by atoms with Crippen LogP contribution in [0, 0.1) is 0 Å². The van der Waals surface area contributed by atoms with Gasteiger partial charge in [0.05, 0.1) is 0 Å². The lowest BCUT2D eigenvalue weighted by molar-refractivity contribution is 0.100. The number of nitrogens with zero attached hydrogens (tertiary/aromatic N) is 2. The van der Waals surface area contributed by atoms with Crippen LogP contribution < -0.4 is 11.5 Å². The minimum Gasteiger partial charge on any atom is -0.370 e. The van der Waals surface area contributed by atoms with Crippen LogP contribution in [0.5, 0.6) is 0 Å². The third kappa shape index (κ3) is 2.75. The van der Waals surface area contributed by atoms with Crippen LogP contribution in [0.3, 0.4) is 0 Å². The summed E-state index contributed by atoms with van der Waals surface area (Å²) in [4.78, 5) is 20.1. The predicted molar refractivity (Wildman–Crippen MR) is 105 cm³/mol. The number of carbonyl (C=O) groups excluding carboxylic acids is 1. The molecular formula is C21H16N4O. The van der Waals surface area contributed by atoms with Crippen molar-refractivity contribution in [2.24, 2.45) is 16.5 Å². The van der Waals surface area contributed by atoms with Crippen LogP contribution >= 0.6 is 0 Å². The van der Waals surface area contributed by atoms with E-state index in [1.807, 2.05) is 48.7 Å². The van der Waals surface area contributed by atoms with E-state index in [4.69, 9.17) is 11.5 Å². The number of guanidine groups is 1. The number of nitrogens with two attached hydrogens (primary N) is 2. The second-order valence-electron chi connectivity index (χ2n) is 5.99. The molecule has 126 valence electrons. The molecular weight excluding hydrogens is 324 g/mol. The van der Waals surface area contributed by atoms with E-state index in [1.54, 1.807) is 12.3 Å². The quantitative estimate of drug-likeness (QED) is 0.431. The number of hydrogen-bond donors (Lipinski definition) is 2. The van der Waals surface area contributed by atoms with Crippen molar-refractivity contribution < 1.29 is 4.79 Å². The molecule has 4 rings (SSSR count). The molecule has 26 heavy (non-hydrogen) atoms. The molecule has 1 heterocycles. The van der Waals surface area contributed by atoms with Crippen molar-refractivity contribution >= 4 is 33.4 Å². The molecule has 0 radical (unpaired) electrons. The van der Waals surface area contributed by atoms with E-state index in [-0.39, 0.29) is 5.96 Å². The number of carbonyl (C=O) groups is 1. The summed E-state index contributed by atoms with van der Waals surface area (Å²) in [5.74, 6) is -0.704. The van der Waals surface area contributed by atoms with Crippen LogP contribution in [0.25, 0.3) is 32.7 Å². The van der Waals surface area contributed by atoms with E-state index in [1.165, 1.54) is 0 Å². The summed E-state index contributed by atoms with van der Waals surface area (Å²) in [5.41, 5.74) is 13.2. The molecule has 0 saturated heterocycles. The van der Waals surface area contributed by atoms with E-state index in [0.717, 1.165) is 32.7 Å². The van der Waals surface area contributed by atoms with Gasteiger partial charge in [0, 0.05) is 23.3 Å². The number of aliphatic imine (C=N–C) groups is 1. The first-order valence-electron chi connectivity index (χ1n) is 8.13. The maximum Gasteiger partial charge on any atom is 0.280 e. The highest BCUT2D eigenvalue weighted by molar-refractivity contribution is 6.09. The number of hydrogen-bond acceptors (Lipinski definition) is 2. The van der Waals surface area contributed by atoms with Crippen LogP contribution in [-0.2, 0) is 0 Å². The van der Waals surface area contributed by atoms with Crippen molar-refractivity contribution in [3.63, 3.8) is 0 Å². The Hall–Kier alpha value is -3.73. The van der Waals surface area contributed by atoms with Crippen molar-refractivity contribution in [2.45, 2.75) is 0 Å². The molecule has 0 bridgehead atoms. The molecule has 0 fully saturated rings. The number of benzene rings is 3. The molecule has 0 aliphatic heterocycles. The Morgan fingerprint density at radius 2 is 1.54 bits per heavy atom. The second-order valence-corrected chi connectivity index (χ2v) is 5.99. The average Bonchev–Trinajstić information content (AvgIpc) is 2.66. The van der Waals surface area contributed by atoms with Gasteiger partial charge in [-0.05, 0) is 45.5 Å². The van der Waals surface area contributed by atoms with E-state index >= 15 is 0 Å². The van der Waals surface area contributed by atoms with Crippen molar-refractivity contribution in [3.05, 3.63) is 78.6 Å². The van der Waals surface area contributed by atoms with Crippen LogP contribution in [-0.4, -0.2) is 16.9 Å². The second kappa shape index (κ2) is 6.29. The van der Waals surface area contributed by atoms with Gasteiger partial charge in [0.25, 0.3) is 5.91 Å². The molecule has 0 aliphatic rings. The maximum atomic E-state index is 12.2. The van der Waals surface area contributed by atoms with Crippen LogP contribution in [0.4, 0.5) is 0 Å². The van der Waals surface area contributed by atoms with Crippen molar-refractivity contribution in [2.75, 3.05) is 0 Å². The first kappa shape index (κ1) is 15.8. The van der Waals surface area contributed by atoms with E-state index in [0.29, 0.717) is 5.56 Å². The summed E-state index contributed by atoms with van der Waals surface area (Å²) in [6, 6.07) is 19.6. The molecule has 4 N–H and O–H groups in total. The lowest BCUT2D eigenvalue weighted by Crippen LogP contribution is -2.24. The summed E-state index contributed by atoms with van der Waals surface area (Å²) in [7, 11) is 0. The van der Waals surface area contributed by atoms with Crippen molar-refractivity contribution in [1.29, 1.82) is 0 Å². The Morgan fingerprint density at radius 1 is 0.846 bits per heavy atom. The summed E-state index contributed by atoms with van der Waals surface area (Å²) in [6.45, 7) is 0. The first-order chi connectivity index (χ1) is 12.6. The fourth-order valence-corrected chi connectivity index (χ4v) is 3.17. The Bertz CT molecular complexity index is 1170. The van der Waals surface area contributed by atoms with Gasteiger partial charge in [0.2, 0.25) is 0 Å². The molecule has 1 aromatic heterocycles. The average molecular weight is 340 g/mol. The minimum atomic E-state index is -0.457. The molecule has 5 nitrogen and oxygen atoms in total. The van der Waals surface area contributed by atoms with Gasteiger partial charge in [-0.3, -0.25) is 9.78 Å². The number of fused-ring (bicyclic) bond motifs is 2. The number of pyridine rings is 1. The highest BCUT2D eigenvalue weighted by atomic mass is 16.1. The van der Waals surface area contributed by atoms with Gasteiger partial charge in [-0.1, -0.05) is 42.5 Å². The number of amides is 1. The molecule has 3 aromatic carbocycles. The normalized spacial score (nSPS) is 10.8. The third-order valence-corrected chi connectivity index (χ3v) is 4.33. The molecule has 1 amide bonds. The van der Waals surface area contributed by atoms with E-state index in [2.05, 4.69) is 22.1 Å². The Labute approximate surface area is 150 Å². The zero-order chi connectivity index (χ0) is 18.1. The molecule has 0 unspecified atom stereocenters. The van der Waals surface area contributed by atoms with Gasteiger partial charge in [0.1, 0.15) is 0 Å². The number of rotatable bonds is 2. The minimum absolute atomic E-state index is 0.247. The highest BCUT2D eigenvalue weighted by Crippen LogP contribution is 2.34. The monoisotopic (exact) mass is 340 g/mol. The van der Waals surface area contributed by atoms with Crippen molar-refractivity contribution in [3.8, 4) is 11.1 Å². The smallest absolute Gasteiger partial charge is 0.280 e. The SMILES string of the molecule is NC(N)=NC(=O)c1ccc2cccc(-c3cccc4ccncc34)c2c1. The fraction of sp³-hybridized carbons (Fsp3) is 0. The summed E-state index contributed by atoms with van der Waals surface area (Å²) in [6.07, 6.45) is 3.64. The molecule has 5 heteroatoms. The van der Waals surface area contributed by atoms with Crippen LogP contribution in [0.15, 0.2) is 78.0 Å². The Balaban J connectivity index is 1.98. The summed E-state index contributed by atoms with van der Waals surface area (Å²) < 4.78 is 0. The number of aromatic nitrogens is 1. The maximum absolute atomic E-state index is 12.2. The molecule has 0 atom stereocenters. The van der Waals surface area contributed by atoms with Gasteiger partial charge in [-0.25, -0.2) is 0 Å². The summed E-state index contributed by atoms with van der Waals surface area (Å²) >= 11 is 0. The van der Waals surface area contributed by atoms with Crippen LogP contribution in [0.2, 0.25) is 0 Å². The van der Waals surface area contributed by atoms with Crippen LogP contribution in [0.1, 0.15) is 10.4 Å². The summed E-state index contributed by atoms with van der Waals surface area (Å²) in [5, 5.41) is 4.16. The lowest BCUT2D eigenvalue weighted by atomic mass is 9.94. The standard InChI is InChI=1S/C21H16N4O/c22-21(23)25-20(26)15-8-7-13-3-1-5-16(18(13)11-15)17-6-2-4-14-9-10-24-12-19(14)17/h1-12H,(H4,22,23,25,26). The molecule has 0 spiro atoms. The first-order valence-corrected chi connectivity index (χ1v) is 8.13. The van der Waals surface area contributed by atoms with Gasteiger partial charge in [-0.15, -0.1) is 0 Å². The molecule has 0 saturated carbocycles. The third-order valence-electron chi connectivity index (χ3n) is 4.33. The zero-order valence-corrected chi connectivity index (χ0v) is 13.9. The van der Waals surface area contributed by atoms with Crippen molar-refractivity contribution in [1.82, 2.24) is 4.98 Å². The fourth-order valence-electron chi connectivity index (χ4n) is 3.17. The largest absolute Gasteiger partial charge is 0.370 e. The van der Waals surface area contributed by atoms with E-state index in [9.17, 15) is 4.79 Å². The van der Waals surface area contributed by atoms with Gasteiger partial charge >= 0.3 is 0 Å². The van der Waals surface area contributed by atoms with Gasteiger partial charge in [0.15, 0.2) is 5.96 Å². The molecule has 0 aliphatic carbocycles. The topological polar surface area (TPSA) is 94.4 Å². The molecule has 4 aromatic rings. The zero-order valence-electron chi connectivity index (χ0n) is 13.9. The lowest BCUT2D eigenvalue weighted by Gasteiger charge is -2.11. The Morgan fingerprint density at radius 3 is 2.27 bits per heavy atom. The van der Waals surface area contributed by atoms with Gasteiger partial charge < -0.3 is 11.5 Å². The highest BCUT2D eigenvalue weighted by Gasteiger charge is 2.11. The van der Waals surface area contributed by atoms with Gasteiger partial charge in [-0.2, -0.15) is 4.99 Å². The predicted octanol–water partition coefficient (Wildman–Crippen LogP) is 3.47. The Kier molecular flexibility index (Phi) is 3.82.